The van der Waals surface area contributed by atoms with Crippen molar-refractivity contribution >= 4 is 27.1 Å². The Bertz CT molecular complexity index is 1490. The third-order valence-electron chi connectivity index (χ3n) is 8.34. The van der Waals surface area contributed by atoms with Gasteiger partial charge in [0.2, 0.25) is 5.91 Å². The van der Waals surface area contributed by atoms with Crippen LogP contribution in [0.15, 0.2) is 52.9 Å². The molecule has 0 spiro atoms. The first-order chi connectivity index (χ1) is 19.6. The molecule has 9 heteroatoms. The van der Waals surface area contributed by atoms with Gasteiger partial charge >= 0.3 is 0 Å². The average Bonchev–Trinajstić information content (AvgIpc) is 3.39. The van der Waals surface area contributed by atoms with Crippen molar-refractivity contribution in [1.82, 2.24) is 5.32 Å². The van der Waals surface area contributed by atoms with Crippen molar-refractivity contribution in [3.05, 3.63) is 82.6 Å². The van der Waals surface area contributed by atoms with Crippen LogP contribution >= 0.6 is 0 Å². The van der Waals surface area contributed by atoms with Crippen molar-refractivity contribution in [2.75, 3.05) is 42.2 Å². The minimum absolute atomic E-state index is 0.124. The number of amides is 1. The van der Waals surface area contributed by atoms with Crippen molar-refractivity contribution in [3.63, 3.8) is 0 Å². The second-order valence-electron chi connectivity index (χ2n) is 11.5. The molecular formula is C32H40FN3O4S. The molecule has 7 nitrogen and oxygen atoms in total. The molecule has 220 valence electrons. The third kappa shape index (κ3) is 6.94. The molecule has 2 saturated heterocycles. The van der Waals surface area contributed by atoms with E-state index in [0.717, 1.165) is 54.2 Å². The van der Waals surface area contributed by atoms with Crippen LogP contribution in [0.1, 0.15) is 66.4 Å². The van der Waals surface area contributed by atoms with Crippen molar-refractivity contribution in [1.29, 1.82) is 0 Å². The zero-order chi connectivity index (χ0) is 29.1. The van der Waals surface area contributed by atoms with E-state index < -0.39 is 21.7 Å². The molecule has 5 rings (SSSR count). The number of anilines is 2. The molecule has 1 amide bonds. The number of sulfone groups is 1. The molecule has 2 fully saturated rings. The number of nitrogens with one attached hydrogen (secondary N) is 1. The van der Waals surface area contributed by atoms with Crippen molar-refractivity contribution in [3.8, 4) is 0 Å². The fraction of sp³-hybridized carbons (Fsp3) is 0.469. The summed E-state index contributed by atoms with van der Waals surface area (Å²) < 4.78 is 44.9. The topological polar surface area (TPSA) is 82.9 Å². The SMILES string of the molecule is Cc1ccc(C(NC(=O)Cc2cc(N3CCC(S(C)(=O)=O)CC3)ccc2F)c2ccc(C)o2)c(N2CCCCC2)c1. The predicted octanol–water partition coefficient (Wildman–Crippen LogP) is 5.49. The van der Waals surface area contributed by atoms with Crippen LogP contribution in [0.2, 0.25) is 0 Å². The van der Waals surface area contributed by atoms with E-state index in [1.165, 1.54) is 18.7 Å². The molecule has 0 radical (unpaired) electrons. The summed E-state index contributed by atoms with van der Waals surface area (Å²) >= 11 is 0. The quantitative estimate of drug-likeness (QED) is 0.379. The molecule has 0 saturated carbocycles. The Kier molecular flexibility index (Phi) is 8.73. The highest BCUT2D eigenvalue weighted by Crippen LogP contribution is 2.34. The van der Waals surface area contributed by atoms with Gasteiger partial charge < -0.3 is 19.5 Å². The normalized spacial score (nSPS) is 17.5. The van der Waals surface area contributed by atoms with E-state index in [-0.39, 0.29) is 17.6 Å². The number of rotatable bonds is 8. The predicted molar refractivity (Wildman–Crippen MR) is 161 cm³/mol. The van der Waals surface area contributed by atoms with Crippen LogP contribution in [-0.4, -0.2) is 52.0 Å². The van der Waals surface area contributed by atoms with Crippen LogP contribution in [0.4, 0.5) is 15.8 Å². The molecule has 3 aromatic rings. The number of hydrogen-bond acceptors (Lipinski definition) is 6. The summed E-state index contributed by atoms with van der Waals surface area (Å²) in [6.07, 6.45) is 5.71. The summed E-state index contributed by atoms with van der Waals surface area (Å²) in [5.74, 6) is 0.649. The lowest BCUT2D eigenvalue weighted by molar-refractivity contribution is -0.121. The summed E-state index contributed by atoms with van der Waals surface area (Å²) in [6, 6.07) is 14.3. The minimum Gasteiger partial charge on any atom is -0.464 e. The molecule has 0 aliphatic carbocycles. The second kappa shape index (κ2) is 12.3. The number of carbonyl (C=O) groups is 1. The lowest BCUT2D eigenvalue weighted by atomic mass is 9.97. The van der Waals surface area contributed by atoms with Gasteiger partial charge in [0.1, 0.15) is 33.2 Å². The molecule has 1 N–H and O–H groups in total. The van der Waals surface area contributed by atoms with Crippen molar-refractivity contribution in [2.24, 2.45) is 0 Å². The maximum Gasteiger partial charge on any atom is 0.225 e. The Balaban J connectivity index is 1.37. The van der Waals surface area contributed by atoms with E-state index >= 15 is 0 Å². The summed E-state index contributed by atoms with van der Waals surface area (Å²) in [7, 11) is -3.08. The van der Waals surface area contributed by atoms with E-state index in [1.807, 2.05) is 25.1 Å². The molecular weight excluding hydrogens is 541 g/mol. The molecule has 2 aromatic carbocycles. The van der Waals surface area contributed by atoms with Gasteiger partial charge in [-0.3, -0.25) is 4.79 Å². The van der Waals surface area contributed by atoms with Crippen LogP contribution in [0.25, 0.3) is 0 Å². The summed E-state index contributed by atoms with van der Waals surface area (Å²) in [5, 5.41) is 2.81. The van der Waals surface area contributed by atoms with Gasteiger partial charge in [0.15, 0.2) is 0 Å². The summed E-state index contributed by atoms with van der Waals surface area (Å²) in [4.78, 5) is 18.0. The average molecular weight is 582 g/mol. The fourth-order valence-corrected chi connectivity index (χ4v) is 7.10. The lowest BCUT2D eigenvalue weighted by Gasteiger charge is -2.33. The van der Waals surface area contributed by atoms with Crippen LogP contribution in [0.3, 0.4) is 0 Å². The number of halogens is 1. The smallest absolute Gasteiger partial charge is 0.225 e. The molecule has 1 unspecified atom stereocenters. The van der Waals surface area contributed by atoms with E-state index in [2.05, 4.69) is 34.2 Å². The third-order valence-corrected chi connectivity index (χ3v) is 10.0. The number of nitrogens with zero attached hydrogens (tertiary/aromatic N) is 2. The van der Waals surface area contributed by atoms with Crippen LogP contribution in [-0.2, 0) is 21.1 Å². The highest BCUT2D eigenvalue weighted by molar-refractivity contribution is 7.91. The monoisotopic (exact) mass is 581 g/mol. The van der Waals surface area contributed by atoms with E-state index in [1.54, 1.807) is 12.1 Å². The Hall–Kier alpha value is -3.33. The Morgan fingerprint density at radius 3 is 2.37 bits per heavy atom. The molecule has 1 atom stereocenters. The van der Waals surface area contributed by atoms with E-state index in [9.17, 15) is 17.6 Å². The highest BCUT2D eigenvalue weighted by atomic mass is 32.2. The van der Waals surface area contributed by atoms with Gasteiger partial charge in [0, 0.05) is 49.4 Å². The zero-order valence-corrected chi connectivity index (χ0v) is 25.0. The number of hydrogen-bond donors (Lipinski definition) is 1. The zero-order valence-electron chi connectivity index (χ0n) is 24.2. The first-order valence-electron chi connectivity index (χ1n) is 14.5. The fourth-order valence-electron chi connectivity index (χ4n) is 6.04. The molecule has 2 aliphatic heterocycles. The van der Waals surface area contributed by atoms with E-state index in [4.69, 9.17) is 4.42 Å². The molecule has 0 bridgehead atoms. The highest BCUT2D eigenvalue weighted by Gasteiger charge is 2.28. The number of carbonyl (C=O) groups excluding carboxylic acids is 1. The number of benzene rings is 2. The van der Waals surface area contributed by atoms with Crippen LogP contribution in [0.5, 0.6) is 0 Å². The summed E-state index contributed by atoms with van der Waals surface area (Å²) in [6.45, 7) is 7.02. The molecule has 2 aliphatic rings. The van der Waals surface area contributed by atoms with Crippen molar-refractivity contribution in [2.45, 2.75) is 63.7 Å². The molecule has 3 heterocycles. The standard InChI is InChI=1S/C32H40FN3O4S/c1-22-7-10-27(29(19-22)36-15-5-4-6-16-36)32(30-12-8-23(2)40-30)34-31(37)21-24-20-25(9-11-28(24)33)35-17-13-26(14-18-35)41(3,38)39/h7-12,19-20,26,32H,4-6,13-18,21H2,1-3H3,(H,34,37). The molecule has 41 heavy (non-hydrogen) atoms. The van der Waals surface area contributed by atoms with Gasteiger partial charge in [-0.2, -0.15) is 0 Å². The largest absolute Gasteiger partial charge is 0.464 e. The van der Waals surface area contributed by atoms with Crippen LogP contribution < -0.4 is 15.1 Å². The van der Waals surface area contributed by atoms with Crippen molar-refractivity contribution < 1.29 is 22.0 Å². The van der Waals surface area contributed by atoms with Crippen LogP contribution in [0, 0.1) is 19.7 Å². The van der Waals surface area contributed by atoms with Gasteiger partial charge in [0.05, 0.1) is 11.7 Å². The summed E-state index contributed by atoms with van der Waals surface area (Å²) in [5.41, 5.74) is 4.30. The maximum atomic E-state index is 15.0. The Morgan fingerprint density at radius 2 is 1.71 bits per heavy atom. The van der Waals surface area contributed by atoms with Gasteiger partial charge in [-0.15, -0.1) is 0 Å². The number of furan rings is 1. The first-order valence-corrected chi connectivity index (χ1v) is 16.5. The molecule has 1 aromatic heterocycles. The van der Waals surface area contributed by atoms with Gasteiger partial charge in [-0.1, -0.05) is 12.1 Å². The minimum atomic E-state index is -3.08. The maximum absolute atomic E-state index is 15.0. The van der Waals surface area contributed by atoms with Gasteiger partial charge in [-0.25, -0.2) is 12.8 Å². The van der Waals surface area contributed by atoms with Gasteiger partial charge in [-0.05, 0) is 93.5 Å². The van der Waals surface area contributed by atoms with Gasteiger partial charge in [0.25, 0.3) is 0 Å². The lowest BCUT2D eigenvalue weighted by Crippen LogP contribution is -2.39. The first kappa shape index (κ1) is 29.2. The number of aryl methyl sites for hydroxylation is 2. The Morgan fingerprint density at radius 1 is 0.976 bits per heavy atom. The Labute approximate surface area is 242 Å². The van der Waals surface area contributed by atoms with E-state index in [0.29, 0.717) is 37.3 Å². The number of piperidine rings is 2. The second-order valence-corrected chi connectivity index (χ2v) is 13.9.